The van der Waals surface area contributed by atoms with E-state index < -0.39 is 0 Å². The van der Waals surface area contributed by atoms with E-state index in [4.69, 9.17) is 4.74 Å². The highest BCUT2D eigenvalue weighted by atomic mass is 32.2. The fourth-order valence-electron chi connectivity index (χ4n) is 4.61. The van der Waals surface area contributed by atoms with E-state index in [0.29, 0.717) is 17.0 Å². The van der Waals surface area contributed by atoms with Crippen molar-refractivity contribution < 1.29 is 14.3 Å². The highest BCUT2D eigenvalue weighted by molar-refractivity contribution is 8.04. The topological polar surface area (TPSA) is 73.9 Å². The van der Waals surface area contributed by atoms with Crippen molar-refractivity contribution in [1.29, 1.82) is 0 Å². The minimum atomic E-state index is -0.113. The summed E-state index contributed by atoms with van der Waals surface area (Å²) in [5.41, 5.74) is 3.56. The lowest BCUT2D eigenvalue weighted by atomic mass is 10.1. The highest BCUT2D eigenvalue weighted by Crippen LogP contribution is 2.38. The Balaban J connectivity index is 1.04. The Morgan fingerprint density at radius 2 is 1.74 bits per heavy atom. The quantitative estimate of drug-likeness (QED) is 0.326. The third kappa shape index (κ3) is 6.38. The van der Waals surface area contributed by atoms with Crippen LogP contribution in [0, 0.1) is 0 Å². The van der Waals surface area contributed by atoms with Gasteiger partial charge in [0.25, 0.3) is 11.8 Å². The van der Waals surface area contributed by atoms with Crippen LogP contribution in [0.25, 0.3) is 6.08 Å². The van der Waals surface area contributed by atoms with E-state index in [-0.39, 0.29) is 11.8 Å². The summed E-state index contributed by atoms with van der Waals surface area (Å²) in [5.74, 6) is 0.687. The van der Waals surface area contributed by atoms with Crippen molar-refractivity contribution >= 4 is 41.0 Å². The summed E-state index contributed by atoms with van der Waals surface area (Å²) in [7, 11) is 1.68. The molecule has 8 heteroatoms. The first-order valence-corrected chi connectivity index (χ1v) is 13.7. The lowest BCUT2D eigenvalue weighted by molar-refractivity contribution is -0.112. The van der Waals surface area contributed by atoms with Crippen LogP contribution >= 0.6 is 11.8 Å². The standard InChI is InChI=1S/C30H32N4O3S/c1-37-25-13-11-24(12-14-25)34-19-17-33(18-20-34)16-4-15-31-29(35)23-9-7-22(8-10-23)21-28-30(36)32-26-5-2-3-6-27(26)38-28/h2-3,5-14,21H,4,15-20H2,1H3,(H,31,35)(H,32,36)/b28-21+. The zero-order valence-electron chi connectivity index (χ0n) is 21.5. The smallest absolute Gasteiger partial charge is 0.262 e. The summed E-state index contributed by atoms with van der Waals surface area (Å²) in [5, 5.41) is 5.95. The molecule has 0 aliphatic carbocycles. The molecule has 0 aromatic heterocycles. The molecule has 196 valence electrons. The van der Waals surface area contributed by atoms with Gasteiger partial charge in [0.1, 0.15) is 5.75 Å². The van der Waals surface area contributed by atoms with Crippen LogP contribution in [0.4, 0.5) is 11.4 Å². The van der Waals surface area contributed by atoms with Crippen LogP contribution in [0.5, 0.6) is 5.75 Å². The Hall–Kier alpha value is -3.75. The average Bonchev–Trinajstić information content (AvgIpc) is 2.96. The van der Waals surface area contributed by atoms with Crippen LogP contribution in [0.15, 0.2) is 82.6 Å². The van der Waals surface area contributed by atoms with Gasteiger partial charge in [-0.1, -0.05) is 36.0 Å². The van der Waals surface area contributed by atoms with Crippen LogP contribution in [-0.4, -0.2) is 63.1 Å². The van der Waals surface area contributed by atoms with Crippen molar-refractivity contribution in [2.45, 2.75) is 11.3 Å². The Bertz CT molecular complexity index is 1300. The minimum Gasteiger partial charge on any atom is -0.497 e. The number of nitrogens with zero attached hydrogens (tertiary/aromatic N) is 2. The molecule has 7 nitrogen and oxygen atoms in total. The van der Waals surface area contributed by atoms with Gasteiger partial charge in [-0.15, -0.1) is 0 Å². The zero-order chi connectivity index (χ0) is 26.3. The van der Waals surface area contributed by atoms with Gasteiger partial charge in [-0.2, -0.15) is 0 Å². The van der Waals surface area contributed by atoms with Crippen molar-refractivity contribution in [3.63, 3.8) is 0 Å². The number of rotatable bonds is 8. The largest absolute Gasteiger partial charge is 0.497 e. The SMILES string of the molecule is COc1ccc(N2CCN(CCCNC(=O)c3ccc(/C=C4/Sc5ccccc5NC4=O)cc3)CC2)cc1. The van der Waals surface area contributed by atoms with E-state index in [2.05, 4.69) is 32.6 Å². The summed E-state index contributed by atoms with van der Waals surface area (Å²) in [4.78, 5) is 31.5. The Morgan fingerprint density at radius 1 is 1.00 bits per heavy atom. The summed E-state index contributed by atoms with van der Waals surface area (Å²) < 4.78 is 5.25. The number of anilines is 2. The van der Waals surface area contributed by atoms with Gasteiger partial charge in [-0.05, 0) is 73.1 Å². The summed E-state index contributed by atoms with van der Waals surface area (Å²) in [6.07, 6.45) is 2.76. The monoisotopic (exact) mass is 528 g/mol. The maximum absolute atomic E-state index is 12.6. The molecule has 0 spiro atoms. The second-order valence-corrected chi connectivity index (χ2v) is 10.4. The zero-order valence-corrected chi connectivity index (χ0v) is 22.3. The molecule has 2 amide bonds. The molecule has 1 fully saturated rings. The lowest BCUT2D eigenvalue weighted by Gasteiger charge is -2.36. The molecule has 0 bridgehead atoms. The number of para-hydroxylation sites is 1. The van der Waals surface area contributed by atoms with E-state index in [0.717, 1.165) is 61.0 Å². The van der Waals surface area contributed by atoms with Crippen molar-refractivity contribution in [1.82, 2.24) is 10.2 Å². The minimum absolute atomic E-state index is 0.0766. The number of fused-ring (bicyclic) bond motifs is 1. The first kappa shape index (κ1) is 25.9. The highest BCUT2D eigenvalue weighted by Gasteiger charge is 2.20. The van der Waals surface area contributed by atoms with E-state index >= 15 is 0 Å². The molecule has 0 radical (unpaired) electrons. The Labute approximate surface area is 227 Å². The first-order chi connectivity index (χ1) is 18.6. The first-order valence-electron chi connectivity index (χ1n) is 12.9. The predicted molar refractivity (Wildman–Crippen MR) is 154 cm³/mol. The second-order valence-electron chi connectivity index (χ2n) is 9.32. The second kappa shape index (κ2) is 12.2. The van der Waals surface area contributed by atoms with E-state index in [1.165, 1.54) is 17.4 Å². The number of carbonyl (C=O) groups is 2. The van der Waals surface area contributed by atoms with E-state index in [9.17, 15) is 9.59 Å². The third-order valence-corrected chi connectivity index (χ3v) is 7.90. The molecule has 0 saturated carbocycles. The van der Waals surface area contributed by atoms with Gasteiger partial charge in [-0.3, -0.25) is 14.5 Å². The van der Waals surface area contributed by atoms with Gasteiger partial charge in [0.2, 0.25) is 0 Å². The molecule has 2 aliphatic rings. The van der Waals surface area contributed by atoms with Gasteiger partial charge < -0.3 is 20.3 Å². The lowest BCUT2D eigenvalue weighted by Crippen LogP contribution is -2.47. The van der Waals surface area contributed by atoms with Crippen LogP contribution in [0.2, 0.25) is 0 Å². The van der Waals surface area contributed by atoms with Crippen molar-refractivity contribution in [3.05, 3.63) is 88.8 Å². The number of hydrogen-bond donors (Lipinski definition) is 2. The van der Waals surface area contributed by atoms with Crippen molar-refractivity contribution in [2.75, 3.05) is 56.6 Å². The molecule has 3 aromatic carbocycles. The molecule has 0 atom stereocenters. The number of carbonyl (C=O) groups excluding carboxylic acids is 2. The van der Waals surface area contributed by atoms with Gasteiger partial charge in [0.15, 0.2) is 0 Å². The summed E-state index contributed by atoms with van der Waals surface area (Å²) in [6.45, 7) is 5.62. The fourth-order valence-corrected chi connectivity index (χ4v) is 5.57. The predicted octanol–water partition coefficient (Wildman–Crippen LogP) is 4.72. The van der Waals surface area contributed by atoms with Gasteiger partial charge in [0.05, 0.1) is 17.7 Å². The van der Waals surface area contributed by atoms with Crippen molar-refractivity contribution in [3.8, 4) is 5.75 Å². The fraction of sp³-hybridized carbons (Fsp3) is 0.267. The van der Waals surface area contributed by atoms with Crippen molar-refractivity contribution in [2.24, 2.45) is 0 Å². The molecule has 38 heavy (non-hydrogen) atoms. The number of ether oxygens (including phenoxy) is 1. The van der Waals surface area contributed by atoms with Crippen LogP contribution < -0.4 is 20.3 Å². The van der Waals surface area contributed by atoms with Crippen LogP contribution in [-0.2, 0) is 4.79 Å². The number of thioether (sulfide) groups is 1. The maximum atomic E-state index is 12.6. The van der Waals surface area contributed by atoms with E-state index in [1.54, 1.807) is 19.2 Å². The Kier molecular flexibility index (Phi) is 8.31. The molecule has 2 N–H and O–H groups in total. The molecule has 5 rings (SSSR count). The third-order valence-electron chi connectivity index (χ3n) is 6.80. The summed E-state index contributed by atoms with van der Waals surface area (Å²) >= 11 is 1.45. The summed E-state index contributed by atoms with van der Waals surface area (Å²) in [6, 6.07) is 23.3. The number of nitrogens with one attached hydrogen (secondary N) is 2. The molecule has 3 aromatic rings. The molecule has 1 saturated heterocycles. The average molecular weight is 529 g/mol. The van der Waals surface area contributed by atoms with Crippen LogP contribution in [0.3, 0.4) is 0 Å². The number of methoxy groups -OCH3 is 1. The number of piperazine rings is 1. The number of benzene rings is 3. The van der Waals surface area contributed by atoms with Gasteiger partial charge in [-0.25, -0.2) is 0 Å². The molecule has 2 heterocycles. The Morgan fingerprint density at radius 3 is 2.47 bits per heavy atom. The number of amides is 2. The molecule has 2 aliphatic heterocycles. The molecular weight excluding hydrogens is 496 g/mol. The molecular formula is C30H32N4O3S. The molecule has 0 unspecified atom stereocenters. The van der Waals surface area contributed by atoms with Gasteiger partial charge in [0, 0.05) is 48.9 Å². The maximum Gasteiger partial charge on any atom is 0.262 e. The van der Waals surface area contributed by atoms with Gasteiger partial charge >= 0.3 is 0 Å². The number of hydrogen-bond acceptors (Lipinski definition) is 6. The normalized spacial score (nSPS) is 16.6. The van der Waals surface area contributed by atoms with E-state index in [1.807, 2.05) is 54.6 Å². The van der Waals surface area contributed by atoms with Crippen LogP contribution in [0.1, 0.15) is 22.3 Å².